The van der Waals surface area contributed by atoms with Crippen LogP contribution >= 0.6 is 0 Å². The van der Waals surface area contributed by atoms with Crippen molar-refractivity contribution in [1.82, 2.24) is 0 Å². The second kappa shape index (κ2) is 3.49. The van der Waals surface area contributed by atoms with Gasteiger partial charge >= 0.3 is 0 Å². The summed E-state index contributed by atoms with van der Waals surface area (Å²) in [6.45, 7) is 2.06. The second-order valence-corrected chi connectivity index (χ2v) is 2.41. The summed E-state index contributed by atoms with van der Waals surface area (Å²) < 4.78 is 0. The lowest BCUT2D eigenvalue weighted by atomic mass is 9.99. The summed E-state index contributed by atoms with van der Waals surface area (Å²) in [5.41, 5.74) is 1.41. The topological polar surface area (TPSA) is 0 Å². The van der Waals surface area contributed by atoms with Crippen molar-refractivity contribution in [2.45, 2.75) is 32.6 Å². The molecular formula is C9H13. The lowest BCUT2D eigenvalue weighted by molar-refractivity contribution is 0.699. The molecule has 0 nitrogen and oxygen atoms in total. The minimum Gasteiger partial charge on any atom is -0.0874 e. The molecule has 1 aliphatic carbocycles. The van der Waals surface area contributed by atoms with E-state index in [2.05, 4.69) is 25.2 Å². The summed E-state index contributed by atoms with van der Waals surface area (Å²) in [6, 6.07) is 0. The zero-order valence-corrected chi connectivity index (χ0v) is 5.98. The van der Waals surface area contributed by atoms with Crippen LogP contribution in [-0.4, -0.2) is 0 Å². The van der Waals surface area contributed by atoms with Gasteiger partial charge < -0.3 is 0 Å². The van der Waals surface area contributed by atoms with E-state index in [0.717, 1.165) is 0 Å². The average Bonchev–Trinajstić information content (AvgIpc) is 1.91. The largest absolute Gasteiger partial charge is 0.0874 e. The third-order valence-electron chi connectivity index (χ3n) is 1.59. The van der Waals surface area contributed by atoms with Crippen LogP contribution in [0.15, 0.2) is 17.7 Å². The molecule has 0 heterocycles. The molecule has 0 saturated carbocycles. The van der Waals surface area contributed by atoms with Crippen molar-refractivity contribution in [2.75, 3.05) is 0 Å². The van der Waals surface area contributed by atoms with E-state index < -0.39 is 0 Å². The molecule has 1 rings (SSSR count). The molecule has 0 bridgehead atoms. The van der Waals surface area contributed by atoms with Crippen LogP contribution in [0.2, 0.25) is 0 Å². The van der Waals surface area contributed by atoms with E-state index in [9.17, 15) is 0 Å². The van der Waals surface area contributed by atoms with E-state index in [-0.39, 0.29) is 0 Å². The minimum atomic E-state index is 1.17. The molecular weight excluding hydrogens is 108 g/mol. The predicted octanol–water partition coefficient (Wildman–Crippen LogP) is 2.87. The van der Waals surface area contributed by atoms with E-state index in [0.29, 0.717) is 0 Å². The average molecular weight is 121 g/mol. The van der Waals surface area contributed by atoms with Crippen LogP contribution in [-0.2, 0) is 0 Å². The predicted molar refractivity (Wildman–Crippen MR) is 40.0 cm³/mol. The van der Waals surface area contributed by atoms with Gasteiger partial charge in [-0.05, 0) is 44.3 Å². The minimum absolute atomic E-state index is 1.17. The quantitative estimate of drug-likeness (QED) is 0.500. The smallest absolute Gasteiger partial charge is 0.0273 e. The molecule has 0 N–H and O–H groups in total. The first kappa shape index (κ1) is 6.60. The summed E-state index contributed by atoms with van der Waals surface area (Å²) in [4.78, 5) is 0. The maximum atomic E-state index is 3.35. The van der Waals surface area contributed by atoms with Gasteiger partial charge in [-0.25, -0.2) is 0 Å². The van der Waals surface area contributed by atoms with Crippen molar-refractivity contribution in [2.24, 2.45) is 0 Å². The third-order valence-corrected chi connectivity index (χ3v) is 1.59. The molecule has 0 heteroatoms. The standard InChI is InChI=1S/C9H13/c1-2-6-9-7-4-3-5-8-9/h2,6H,3-5,7H2,1H3/b6-2-. The van der Waals surface area contributed by atoms with E-state index in [4.69, 9.17) is 0 Å². The van der Waals surface area contributed by atoms with Crippen molar-refractivity contribution >= 4 is 0 Å². The van der Waals surface area contributed by atoms with Gasteiger partial charge in [0.25, 0.3) is 0 Å². The Morgan fingerprint density at radius 1 is 1.44 bits per heavy atom. The summed E-state index contributed by atoms with van der Waals surface area (Å²) in [6.07, 6.45) is 12.7. The van der Waals surface area contributed by atoms with Crippen LogP contribution in [0.4, 0.5) is 0 Å². The van der Waals surface area contributed by atoms with Crippen LogP contribution in [0.25, 0.3) is 0 Å². The van der Waals surface area contributed by atoms with Gasteiger partial charge in [0.05, 0.1) is 0 Å². The monoisotopic (exact) mass is 121 g/mol. The van der Waals surface area contributed by atoms with Gasteiger partial charge in [-0.2, -0.15) is 0 Å². The third kappa shape index (κ3) is 2.05. The molecule has 0 amide bonds. The van der Waals surface area contributed by atoms with E-state index in [1.54, 1.807) is 0 Å². The molecule has 0 spiro atoms. The first-order valence-electron chi connectivity index (χ1n) is 3.66. The first-order chi connectivity index (χ1) is 4.43. The first-order valence-corrected chi connectivity index (χ1v) is 3.66. The van der Waals surface area contributed by atoms with Crippen LogP contribution in [0.5, 0.6) is 0 Å². The fraction of sp³-hybridized carbons (Fsp3) is 0.556. The van der Waals surface area contributed by atoms with Crippen molar-refractivity contribution < 1.29 is 0 Å². The number of rotatable bonds is 1. The zero-order chi connectivity index (χ0) is 6.53. The van der Waals surface area contributed by atoms with Crippen molar-refractivity contribution in [1.29, 1.82) is 0 Å². The Kier molecular flexibility index (Phi) is 2.56. The van der Waals surface area contributed by atoms with Gasteiger partial charge in [-0.3, -0.25) is 0 Å². The van der Waals surface area contributed by atoms with Crippen LogP contribution in [0.3, 0.4) is 0 Å². The molecule has 0 aromatic heterocycles. The molecule has 1 radical (unpaired) electrons. The van der Waals surface area contributed by atoms with Crippen LogP contribution in [0, 0.1) is 6.08 Å². The lowest BCUT2D eigenvalue weighted by Crippen LogP contribution is -1.88. The van der Waals surface area contributed by atoms with Crippen molar-refractivity contribution in [3.05, 3.63) is 23.8 Å². The highest BCUT2D eigenvalue weighted by Crippen LogP contribution is 2.16. The normalized spacial score (nSPS) is 20.3. The summed E-state index contributed by atoms with van der Waals surface area (Å²) in [7, 11) is 0. The Bertz CT molecular complexity index is 129. The van der Waals surface area contributed by atoms with Gasteiger partial charge in [0.15, 0.2) is 0 Å². The van der Waals surface area contributed by atoms with E-state index in [1.165, 1.54) is 31.3 Å². The zero-order valence-electron chi connectivity index (χ0n) is 5.98. The highest BCUT2D eigenvalue weighted by atomic mass is 14.0. The van der Waals surface area contributed by atoms with E-state index >= 15 is 0 Å². The fourth-order valence-electron chi connectivity index (χ4n) is 1.12. The van der Waals surface area contributed by atoms with Gasteiger partial charge in [0, 0.05) is 0 Å². The van der Waals surface area contributed by atoms with Crippen LogP contribution < -0.4 is 0 Å². The van der Waals surface area contributed by atoms with Gasteiger partial charge in [-0.15, -0.1) is 0 Å². The molecule has 0 unspecified atom stereocenters. The SMILES string of the molecule is C/C=C\C1=[C]CCCC1. The summed E-state index contributed by atoms with van der Waals surface area (Å²) in [5.74, 6) is 0. The van der Waals surface area contributed by atoms with E-state index in [1.807, 2.05) is 0 Å². The second-order valence-electron chi connectivity index (χ2n) is 2.41. The Hall–Kier alpha value is -0.520. The molecule has 0 aromatic carbocycles. The molecule has 0 saturated heterocycles. The molecule has 1 aliphatic rings. The maximum Gasteiger partial charge on any atom is -0.0273 e. The van der Waals surface area contributed by atoms with Gasteiger partial charge in [0.1, 0.15) is 0 Å². The number of allylic oxidation sites excluding steroid dienone is 4. The van der Waals surface area contributed by atoms with Crippen molar-refractivity contribution in [3.63, 3.8) is 0 Å². The Morgan fingerprint density at radius 3 is 2.89 bits per heavy atom. The highest BCUT2D eigenvalue weighted by molar-refractivity contribution is 5.16. The van der Waals surface area contributed by atoms with Gasteiger partial charge in [0.2, 0.25) is 0 Å². The Labute approximate surface area is 57.3 Å². The molecule has 0 aliphatic heterocycles. The molecule has 0 atom stereocenters. The lowest BCUT2D eigenvalue weighted by Gasteiger charge is -2.06. The van der Waals surface area contributed by atoms with Crippen molar-refractivity contribution in [3.8, 4) is 0 Å². The molecule has 0 fully saturated rings. The van der Waals surface area contributed by atoms with Gasteiger partial charge in [-0.1, -0.05) is 12.2 Å². The molecule has 9 heavy (non-hydrogen) atoms. The fourth-order valence-corrected chi connectivity index (χ4v) is 1.12. The number of hydrogen-bond acceptors (Lipinski definition) is 0. The highest BCUT2D eigenvalue weighted by Gasteiger charge is 1.98. The molecule has 0 aromatic rings. The summed E-state index contributed by atoms with van der Waals surface area (Å²) >= 11 is 0. The summed E-state index contributed by atoms with van der Waals surface area (Å²) in [5, 5.41) is 0. The van der Waals surface area contributed by atoms with Crippen LogP contribution in [0.1, 0.15) is 32.6 Å². The maximum absolute atomic E-state index is 3.35. The Morgan fingerprint density at radius 2 is 2.33 bits per heavy atom. The molecule has 49 valence electrons. The Balaban J connectivity index is 2.46. The number of hydrogen-bond donors (Lipinski definition) is 0.